The van der Waals surface area contributed by atoms with Crippen LogP contribution >= 0.6 is 0 Å². The van der Waals surface area contributed by atoms with Crippen molar-refractivity contribution in [3.63, 3.8) is 0 Å². The van der Waals surface area contributed by atoms with Gasteiger partial charge in [-0.3, -0.25) is 0 Å². The van der Waals surface area contributed by atoms with E-state index in [2.05, 4.69) is 137 Å². The van der Waals surface area contributed by atoms with Gasteiger partial charge in [-0.1, -0.05) is 97.1 Å². The fraction of sp³-hybridized carbons (Fsp3) is 0. The topological polar surface area (TPSA) is 38.4 Å². The zero-order valence-electron chi connectivity index (χ0n) is 25.4. The molecule has 0 atom stereocenters. The van der Waals surface area contributed by atoms with Crippen molar-refractivity contribution in [3.8, 4) is 16.8 Å². The van der Waals surface area contributed by atoms with Crippen molar-refractivity contribution in [3.05, 3.63) is 180 Å². The molecule has 0 fully saturated rings. The van der Waals surface area contributed by atoms with E-state index in [0.29, 0.717) is 11.0 Å². The van der Waals surface area contributed by atoms with Gasteiger partial charge in [-0.15, -0.1) is 0 Å². The normalized spacial score (nSPS) is 11.5. The van der Waals surface area contributed by atoms with E-state index >= 15 is 0 Å². The molecule has 9 rings (SSSR count). The third-order valence-corrected chi connectivity index (χ3v) is 8.99. The lowest BCUT2D eigenvalue weighted by molar-refractivity contribution is 0.570. The Labute approximate surface area is 271 Å². The zero-order chi connectivity index (χ0) is 31.3. The summed E-state index contributed by atoms with van der Waals surface area (Å²) in [6.07, 6.45) is 0. The molecular weight excluding hydrogens is 576 g/mol. The first kappa shape index (κ1) is 27.0. The number of benzene rings is 7. The summed E-state index contributed by atoms with van der Waals surface area (Å²) in [7, 11) is 0. The molecule has 2 heterocycles. The smallest absolute Gasteiger partial charge is 0.344 e. The van der Waals surface area contributed by atoms with Crippen molar-refractivity contribution in [2.75, 3.05) is 4.90 Å². The van der Waals surface area contributed by atoms with Crippen LogP contribution in [0.15, 0.2) is 179 Å². The maximum atomic E-state index is 12.8. The lowest BCUT2D eigenvalue weighted by Gasteiger charge is -2.26. The number of nitrogens with zero attached hydrogens (tertiary/aromatic N) is 2. The molecule has 47 heavy (non-hydrogen) atoms. The average Bonchev–Trinajstić information content (AvgIpc) is 3.47. The summed E-state index contributed by atoms with van der Waals surface area (Å²) >= 11 is 0. The second-order valence-corrected chi connectivity index (χ2v) is 11.7. The van der Waals surface area contributed by atoms with Gasteiger partial charge in [0.1, 0.15) is 5.58 Å². The molecule has 7 aromatic carbocycles. The van der Waals surface area contributed by atoms with Gasteiger partial charge in [-0.05, 0) is 83.9 Å². The van der Waals surface area contributed by atoms with Gasteiger partial charge in [0.15, 0.2) is 0 Å². The van der Waals surface area contributed by atoms with Crippen LogP contribution in [0.3, 0.4) is 0 Å². The fourth-order valence-electron chi connectivity index (χ4n) is 6.96. The van der Waals surface area contributed by atoms with Crippen LogP contribution in [0.25, 0.3) is 60.4 Å². The minimum Gasteiger partial charge on any atom is -0.422 e. The highest BCUT2D eigenvalue weighted by atomic mass is 16.4. The molecule has 9 aromatic rings. The third-order valence-electron chi connectivity index (χ3n) is 8.99. The molecule has 0 unspecified atom stereocenters. The molecule has 0 N–H and O–H groups in total. The van der Waals surface area contributed by atoms with Gasteiger partial charge in [0.05, 0.1) is 16.4 Å². The van der Waals surface area contributed by atoms with Crippen LogP contribution in [0.2, 0.25) is 0 Å². The highest BCUT2D eigenvalue weighted by Crippen LogP contribution is 2.40. The number of aromatic nitrogens is 1. The van der Waals surface area contributed by atoms with E-state index in [1.807, 2.05) is 42.5 Å². The van der Waals surface area contributed by atoms with Crippen molar-refractivity contribution < 1.29 is 4.42 Å². The highest BCUT2D eigenvalue weighted by Gasteiger charge is 2.19. The molecule has 0 aliphatic heterocycles. The molecule has 0 radical (unpaired) electrons. The molecule has 0 spiro atoms. The number of fused-ring (bicyclic) bond motifs is 7. The molecule has 0 saturated heterocycles. The summed E-state index contributed by atoms with van der Waals surface area (Å²) in [6.45, 7) is 0. The molecule has 4 heteroatoms. The minimum absolute atomic E-state index is 0.316. The van der Waals surface area contributed by atoms with E-state index in [1.54, 1.807) is 0 Å². The Hall–Kier alpha value is -6.39. The third kappa shape index (κ3) is 4.42. The summed E-state index contributed by atoms with van der Waals surface area (Å²) in [5.41, 5.74) is 9.02. The van der Waals surface area contributed by atoms with Crippen LogP contribution in [0.4, 0.5) is 17.1 Å². The monoisotopic (exact) mass is 604 g/mol. The maximum Gasteiger partial charge on any atom is 0.344 e. The minimum atomic E-state index is -0.316. The summed E-state index contributed by atoms with van der Waals surface area (Å²) in [5, 5.41) is 4.64. The molecule has 0 bridgehead atoms. The predicted molar refractivity (Wildman–Crippen MR) is 194 cm³/mol. The van der Waals surface area contributed by atoms with Gasteiger partial charge in [0, 0.05) is 44.3 Å². The van der Waals surface area contributed by atoms with Gasteiger partial charge < -0.3 is 13.9 Å². The van der Waals surface area contributed by atoms with Crippen LogP contribution in [-0.2, 0) is 0 Å². The van der Waals surface area contributed by atoms with Crippen molar-refractivity contribution >= 4 is 60.6 Å². The van der Waals surface area contributed by atoms with Gasteiger partial charge >= 0.3 is 5.63 Å². The SMILES string of the molecule is O=c1oc2ccc3c(c4ccccc4n3-c3cccc(-c4cccc(N(c5ccccc5)c5ccccc5)c4)c3)c2c2ccccc12. The predicted octanol–water partition coefficient (Wildman–Crippen LogP) is 11.2. The lowest BCUT2D eigenvalue weighted by atomic mass is 10.0. The van der Waals surface area contributed by atoms with Crippen molar-refractivity contribution in [1.82, 2.24) is 4.57 Å². The van der Waals surface area contributed by atoms with Gasteiger partial charge in [0.2, 0.25) is 0 Å². The van der Waals surface area contributed by atoms with E-state index in [-0.39, 0.29) is 5.63 Å². The van der Waals surface area contributed by atoms with E-state index in [4.69, 9.17) is 4.42 Å². The average molecular weight is 605 g/mol. The Bertz CT molecular complexity index is 2620. The standard InChI is InChI=1S/C43H28N2O2/c46-43-36-22-8-7-21-35(36)42-40(47-43)26-25-39-41(42)37-23-9-10-24-38(37)45(39)34-20-12-14-30(28-34)29-13-11-19-33(27-29)44(31-15-3-1-4-16-31)32-17-5-2-6-18-32/h1-28H. The summed E-state index contributed by atoms with van der Waals surface area (Å²) in [5.74, 6) is 0. The van der Waals surface area contributed by atoms with Crippen molar-refractivity contribution in [2.24, 2.45) is 0 Å². The van der Waals surface area contributed by atoms with Crippen LogP contribution < -0.4 is 10.5 Å². The van der Waals surface area contributed by atoms with Crippen LogP contribution in [-0.4, -0.2) is 4.57 Å². The Kier molecular flexibility index (Phi) is 6.25. The van der Waals surface area contributed by atoms with Gasteiger partial charge in [0.25, 0.3) is 0 Å². The largest absolute Gasteiger partial charge is 0.422 e. The van der Waals surface area contributed by atoms with Crippen LogP contribution in [0.1, 0.15) is 0 Å². The van der Waals surface area contributed by atoms with Crippen molar-refractivity contribution in [1.29, 1.82) is 0 Å². The number of rotatable bonds is 5. The van der Waals surface area contributed by atoms with Crippen LogP contribution in [0, 0.1) is 0 Å². The molecular formula is C43H28N2O2. The summed E-state index contributed by atoms with van der Waals surface area (Å²) < 4.78 is 8.17. The van der Waals surface area contributed by atoms with E-state index < -0.39 is 0 Å². The number of hydrogen-bond donors (Lipinski definition) is 0. The molecule has 0 amide bonds. The molecule has 0 aliphatic carbocycles. The second-order valence-electron chi connectivity index (χ2n) is 11.7. The second kappa shape index (κ2) is 10.9. The van der Waals surface area contributed by atoms with E-state index in [0.717, 1.165) is 66.5 Å². The number of para-hydroxylation sites is 3. The summed E-state index contributed by atoms with van der Waals surface area (Å²) in [4.78, 5) is 15.1. The molecule has 222 valence electrons. The summed E-state index contributed by atoms with van der Waals surface area (Å²) in [6, 6.07) is 58.5. The maximum absolute atomic E-state index is 12.8. The quantitative estimate of drug-likeness (QED) is 0.145. The highest BCUT2D eigenvalue weighted by molar-refractivity contribution is 6.26. The molecule has 0 aliphatic rings. The zero-order valence-corrected chi connectivity index (χ0v) is 25.4. The Morgan fingerprint density at radius 1 is 0.447 bits per heavy atom. The Morgan fingerprint density at radius 3 is 1.79 bits per heavy atom. The van der Waals surface area contributed by atoms with Crippen LogP contribution in [0.5, 0.6) is 0 Å². The first-order valence-electron chi connectivity index (χ1n) is 15.7. The van der Waals surface area contributed by atoms with E-state index in [1.165, 1.54) is 0 Å². The molecule has 2 aromatic heterocycles. The van der Waals surface area contributed by atoms with Crippen molar-refractivity contribution in [2.45, 2.75) is 0 Å². The first-order chi connectivity index (χ1) is 23.2. The Morgan fingerprint density at radius 2 is 1.04 bits per heavy atom. The number of anilines is 3. The first-order valence-corrected chi connectivity index (χ1v) is 15.7. The molecule has 4 nitrogen and oxygen atoms in total. The van der Waals surface area contributed by atoms with Gasteiger partial charge in [-0.2, -0.15) is 0 Å². The Balaban J connectivity index is 1.24. The lowest BCUT2D eigenvalue weighted by Crippen LogP contribution is -2.09. The molecule has 0 saturated carbocycles. The van der Waals surface area contributed by atoms with E-state index in [9.17, 15) is 4.79 Å². The van der Waals surface area contributed by atoms with Gasteiger partial charge in [-0.25, -0.2) is 4.79 Å². The number of hydrogen-bond acceptors (Lipinski definition) is 3. The fourth-order valence-corrected chi connectivity index (χ4v) is 6.96.